The maximum absolute atomic E-state index is 11.5. The fourth-order valence-electron chi connectivity index (χ4n) is 3.32. The Labute approximate surface area is 194 Å². The molecule has 168 valence electrons. The molecule has 1 amide bonds. The van der Waals surface area contributed by atoms with Gasteiger partial charge in [0.25, 0.3) is 0 Å². The third kappa shape index (κ3) is 7.04. The minimum absolute atomic E-state index is 0. The number of amides is 1. The second kappa shape index (κ2) is 11.4. The van der Waals surface area contributed by atoms with Gasteiger partial charge < -0.3 is 45.3 Å². The van der Waals surface area contributed by atoms with Gasteiger partial charge in [0.05, 0.1) is 31.3 Å². The van der Waals surface area contributed by atoms with Gasteiger partial charge in [-0.15, -0.1) is 0 Å². The molecule has 16 heteroatoms. The summed E-state index contributed by atoms with van der Waals surface area (Å²) in [6, 6.07) is -3.38. The minimum atomic E-state index is -5.04. The molecule has 0 unspecified atom stereocenters. The summed E-state index contributed by atoms with van der Waals surface area (Å²) in [5.41, 5.74) is 0. The van der Waals surface area contributed by atoms with Crippen molar-refractivity contribution in [2.45, 2.75) is 62.2 Å². The molecule has 0 aliphatic carbocycles. The van der Waals surface area contributed by atoms with Gasteiger partial charge in [-0.3, -0.25) is 9.35 Å². The number of carboxylic acid groups (broad SMARTS) is 1. The molecule has 2 fully saturated rings. The zero-order valence-electron chi connectivity index (χ0n) is 16.2. The Kier molecular flexibility index (Phi) is 10.5. The van der Waals surface area contributed by atoms with Crippen LogP contribution in [0.25, 0.3) is 0 Å². The zero-order chi connectivity index (χ0) is 21.9. The van der Waals surface area contributed by atoms with E-state index >= 15 is 0 Å². The van der Waals surface area contributed by atoms with Crippen molar-refractivity contribution in [2.75, 3.05) is 13.2 Å². The Morgan fingerprint density at radius 3 is 2.40 bits per heavy atom. The van der Waals surface area contributed by atoms with Gasteiger partial charge in [0.2, 0.25) is 5.91 Å². The van der Waals surface area contributed by atoms with Gasteiger partial charge in [0.15, 0.2) is 6.29 Å². The zero-order valence-corrected chi connectivity index (χ0v) is 19.0. The fraction of sp³-hybridized carbons (Fsp3) is 0.857. The largest absolute Gasteiger partial charge is 1.00 e. The van der Waals surface area contributed by atoms with Crippen molar-refractivity contribution in [1.82, 2.24) is 10.6 Å². The van der Waals surface area contributed by atoms with Gasteiger partial charge in [-0.2, -0.15) is 8.42 Å². The van der Waals surface area contributed by atoms with Crippen molar-refractivity contribution >= 4 is 22.3 Å². The smallest absolute Gasteiger partial charge is 0.548 e. The van der Waals surface area contributed by atoms with Crippen molar-refractivity contribution < 1.29 is 86.2 Å². The molecule has 0 aromatic carbocycles. The monoisotopic (exact) mass is 466 g/mol. The third-order valence-electron chi connectivity index (χ3n) is 4.58. The quantitative estimate of drug-likeness (QED) is 0.145. The summed E-state index contributed by atoms with van der Waals surface area (Å²) in [6.07, 6.45) is -7.64. The van der Waals surface area contributed by atoms with Gasteiger partial charge in [-0.05, 0) is 6.42 Å². The van der Waals surface area contributed by atoms with Crippen LogP contribution in [0, 0.1) is 0 Å². The van der Waals surface area contributed by atoms with E-state index in [1.54, 1.807) is 0 Å². The first-order valence-electron chi connectivity index (χ1n) is 8.57. The summed E-state index contributed by atoms with van der Waals surface area (Å²) in [6.45, 7) is -0.259. The summed E-state index contributed by atoms with van der Waals surface area (Å²) in [5.74, 6) is -2.08. The Morgan fingerprint density at radius 1 is 1.30 bits per heavy atom. The van der Waals surface area contributed by atoms with E-state index in [2.05, 4.69) is 14.8 Å². The topological polar surface area (TPSA) is 224 Å². The van der Waals surface area contributed by atoms with Crippen LogP contribution in [-0.4, -0.2) is 102 Å². The molecule has 0 radical (unpaired) electrons. The first-order chi connectivity index (χ1) is 13.5. The number of ether oxygens (including phenoxy) is 2. The molecular weight excluding hydrogens is 443 g/mol. The van der Waals surface area contributed by atoms with Crippen LogP contribution in [0.5, 0.6) is 0 Å². The molecule has 2 aliphatic rings. The molecule has 2 aliphatic heterocycles. The van der Waals surface area contributed by atoms with Gasteiger partial charge in [-0.25, -0.2) is 4.18 Å². The Morgan fingerprint density at radius 2 is 1.93 bits per heavy atom. The number of rotatable bonds is 8. The van der Waals surface area contributed by atoms with Crippen LogP contribution in [0.4, 0.5) is 0 Å². The van der Waals surface area contributed by atoms with E-state index in [1.165, 1.54) is 0 Å². The molecule has 2 saturated heterocycles. The Bertz CT molecular complexity index is 709. The summed E-state index contributed by atoms with van der Waals surface area (Å²) in [4.78, 5) is 22.6. The van der Waals surface area contributed by atoms with E-state index in [4.69, 9.17) is 14.0 Å². The van der Waals surface area contributed by atoms with E-state index in [1.807, 2.05) is 0 Å². The van der Waals surface area contributed by atoms with Gasteiger partial charge in [-0.1, -0.05) is 0 Å². The number of hydrogen-bond donors (Lipinski definition) is 6. The number of hydrogen-bond acceptors (Lipinski definition) is 12. The van der Waals surface area contributed by atoms with Crippen LogP contribution < -0.4 is 45.3 Å². The summed E-state index contributed by atoms with van der Waals surface area (Å²) >= 11 is 0. The average molecular weight is 466 g/mol. The van der Waals surface area contributed by atoms with Gasteiger partial charge >= 0.3 is 40.0 Å². The minimum Gasteiger partial charge on any atom is -0.548 e. The number of carboxylic acids is 1. The molecule has 0 saturated carbocycles. The molecule has 0 aromatic heterocycles. The molecule has 0 aromatic rings. The molecule has 6 N–H and O–H groups in total. The molecule has 0 bridgehead atoms. The van der Waals surface area contributed by atoms with Crippen LogP contribution in [0.3, 0.4) is 0 Å². The summed E-state index contributed by atoms with van der Waals surface area (Å²) in [5, 5.41) is 45.3. The average Bonchev–Trinajstić information content (AvgIpc) is 3.02. The van der Waals surface area contributed by atoms with Gasteiger partial charge in [0.1, 0.15) is 24.4 Å². The van der Waals surface area contributed by atoms with Crippen LogP contribution in [0.15, 0.2) is 0 Å². The number of carbonyl (C=O) groups excluding carboxylic acids is 2. The predicted molar refractivity (Wildman–Crippen MR) is 88.1 cm³/mol. The first kappa shape index (κ1) is 27.6. The maximum atomic E-state index is 11.5. The van der Waals surface area contributed by atoms with Crippen molar-refractivity contribution in [3.05, 3.63) is 0 Å². The number of nitrogens with one attached hydrogen (secondary N) is 2. The van der Waals surface area contributed by atoms with Crippen molar-refractivity contribution in [3.8, 4) is 0 Å². The summed E-state index contributed by atoms with van der Waals surface area (Å²) < 4.78 is 46.4. The number of carbonyl (C=O) groups is 2. The molecule has 30 heavy (non-hydrogen) atoms. The van der Waals surface area contributed by atoms with E-state index in [9.17, 15) is 38.4 Å². The number of aliphatic hydroxyl groups excluding tert-OH is 3. The molecule has 2 heterocycles. The standard InChI is InChI=1S/C14H24N2O12S.Na/c1-5(19)15-10-11(20)12(28-29(23,24)25)9(4-18)27-14(10)26-8-2-6(13(21)22)16-7(8)3-17;/h6-12,14,16-18,20H,2-4H2,1H3,(H,15,19)(H,21,22)(H,23,24,25);/q;+1/p-1/t6-,7+,8-,9+,10+,11+,12+,14+;/m0./s1. The van der Waals surface area contributed by atoms with E-state index < -0.39 is 84.3 Å². The van der Waals surface area contributed by atoms with Crippen molar-refractivity contribution in [1.29, 1.82) is 0 Å². The van der Waals surface area contributed by atoms with Crippen LogP contribution in [-0.2, 0) is 33.6 Å². The second-order valence-corrected chi connectivity index (χ2v) is 7.72. The van der Waals surface area contributed by atoms with Crippen LogP contribution >= 0.6 is 0 Å². The maximum Gasteiger partial charge on any atom is 1.00 e. The Balaban J connectivity index is 0.00000450. The Hall–Kier alpha value is -0.430. The normalized spacial score (nSPS) is 36.7. The molecule has 2 rings (SSSR count). The predicted octanol–water partition coefficient (Wildman–Crippen LogP) is -8.38. The van der Waals surface area contributed by atoms with E-state index in [0.29, 0.717) is 0 Å². The van der Waals surface area contributed by atoms with Gasteiger partial charge in [0, 0.05) is 13.0 Å². The van der Waals surface area contributed by atoms with Crippen molar-refractivity contribution in [2.24, 2.45) is 0 Å². The third-order valence-corrected chi connectivity index (χ3v) is 5.04. The van der Waals surface area contributed by atoms with Crippen LogP contribution in [0.1, 0.15) is 13.3 Å². The number of aliphatic hydroxyl groups is 3. The SMILES string of the molecule is CC(=O)N[C@H]1[C@H](O[C@H]2C[C@@H](C(=O)[O-])N[C@@H]2CO)O[C@H](CO)[C@@H](OS(=O)(=O)O)[C@@H]1O.[Na+]. The number of aliphatic carboxylic acids is 1. The molecule has 0 spiro atoms. The van der Waals surface area contributed by atoms with Crippen molar-refractivity contribution in [3.63, 3.8) is 0 Å². The van der Waals surface area contributed by atoms with E-state index in [0.717, 1.165) is 6.92 Å². The van der Waals surface area contributed by atoms with E-state index in [-0.39, 0.29) is 36.0 Å². The van der Waals surface area contributed by atoms with Crippen LogP contribution in [0.2, 0.25) is 0 Å². The molecular formula is C14H23N2NaO12S. The molecule has 8 atom stereocenters. The molecule has 14 nitrogen and oxygen atoms in total. The summed E-state index contributed by atoms with van der Waals surface area (Å²) in [7, 11) is -5.04. The first-order valence-corrected chi connectivity index (χ1v) is 9.93. The fourth-order valence-corrected chi connectivity index (χ4v) is 3.84. The second-order valence-electron chi connectivity index (χ2n) is 6.67.